The van der Waals surface area contributed by atoms with E-state index in [0.29, 0.717) is 34.0 Å². The summed E-state index contributed by atoms with van der Waals surface area (Å²) in [4.78, 5) is 12.1. The third kappa shape index (κ3) is 2.64. The first-order valence-electron chi connectivity index (χ1n) is 7.38. The first-order valence-corrected chi connectivity index (χ1v) is 7.38. The predicted octanol–water partition coefficient (Wildman–Crippen LogP) is 3.39. The molecule has 25 heavy (non-hydrogen) atoms. The number of benzene rings is 2. The number of H-pyrrole nitrogens is 2. The average molecular weight is 333 g/mol. The van der Waals surface area contributed by atoms with Crippen molar-refractivity contribution < 1.29 is 9.47 Å². The second-order valence-electron chi connectivity index (χ2n) is 5.20. The van der Waals surface area contributed by atoms with Crippen molar-refractivity contribution in [2.24, 2.45) is 10.2 Å². The molecule has 0 saturated heterocycles. The van der Waals surface area contributed by atoms with Crippen molar-refractivity contribution in [3.63, 3.8) is 0 Å². The van der Waals surface area contributed by atoms with Gasteiger partial charge in [0, 0.05) is 5.56 Å². The number of rotatable bonds is 3. The van der Waals surface area contributed by atoms with Gasteiger partial charge in [0.05, 0.1) is 11.3 Å². The van der Waals surface area contributed by atoms with Crippen molar-refractivity contribution in [1.82, 2.24) is 10.2 Å². The summed E-state index contributed by atoms with van der Waals surface area (Å²) in [5.41, 5.74) is 1.65. The predicted molar refractivity (Wildman–Crippen MR) is 88.3 cm³/mol. The molecule has 0 aliphatic carbocycles. The van der Waals surface area contributed by atoms with E-state index in [0.717, 1.165) is 0 Å². The van der Waals surface area contributed by atoms with Gasteiger partial charge in [-0.1, -0.05) is 12.1 Å². The highest BCUT2D eigenvalue weighted by atomic mass is 16.7. The van der Waals surface area contributed by atoms with Crippen LogP contribution < -0.4 is 15.0 Å². The van der Waals surface area contributed by atoms with Crippen LogP contribution in [-0.4, -0.2) is 17.0 Å². The summed E-state index contributed by atoms with van der Waals surface area (Å²) in [7, 11) is 0. The van der Waals surface area contributed by atoms with Crippen LogP contribution in [0, 0.1) is 11.3 Å². The SMILES string of the molecule is N#Cc1ccccc1N=Nc1c(-c2ccc3c(c2)OCO3)[nH][nH]c1=O. The standard InChI is InChI=1S/C17H11N5O3/c18-8-11-3-1-2-4-12(11)19-21-16-15(20-22-17(16)23)10-5-6-13-14(7-10)25-9-24-13/h1-7H,9H2,(H2,20,22,23). The van der Waals surface area contributed by atoms with E-state index in [-0.39, 0.29) is 12.5 Å². The summed E-state index contributed by atoms with van der Waals surface area (Å²) in [5, 5.41) is 22.5. The zero-order chi connectivity index (χ0) is 17.2. The second kappa shape index (κ2) is 5.98. The highest BCUT2D eigenvalue weighted by molar-refractivity contribution is 5.73. The van der Waals surface area contributed by atoms with E-state index in [1.54, 1.807) is 42.5 Å². The Morgan fingerprint density at radius 3 is 2.76 bits per heavy atom. The van der Waals surface area contributed by atoms with Gasteiger partial charge in [-0.2, -0.15) is 5.26 Å². The van der Waals surface area contributed by atoms with E-state index in [9.17, 15) is 4.79 Å². The number of aromatic nitrogens is 2. The molecule has 1 aromatic heterocycles. The maximum atomic E-state index is 12.1. The van der Waals surface area contributed by atoms with E-state index in [4.69, 9.17) is 14.7 Å². The summed E-state index contributed by atoms with van der Waals surface area (Å²) >= 11 is 0. The minimum absolute atomic E-state index is 0.117. The molecule has 0 unspecified atom stereocenters. The minimum Gasteiger partial charge on any atom is -0.454 e. The van der Waals surface area contributed by atoms with Crippen LogP contribution >= 0.6 is 0 Å². The number of nitrogens with one attached hydrogen (secondary N) is 2. The Morgan fingerprint density at radius 2 is 1.88 bits per heavy atom. The van der Waals surface area contributed by atoms with Crippen molar-refractivity contribution in [3.8, 4) is 28.8 Å². The lowest BCUT2D eigenvalue weighted by Gasteiger charge is -2.01. The molecule has 2 N–H and O–H groups in total. The normalized spacial score (nSPS) is 12.4. The molecule has 0 bridgehead atoms. The van der Waals surface area contributed by atoms with Crippen LogP contribution in [0.3, 0.4) is 0 Å². The molecule has 4 rings (SSSR count). The topological polar surface area (TPSA) is 116 Å². The number of hydrogen-bond acceptors (Lipinski definition) is 6. The summed E-state index contributed by atoms with van der Waals surface area (Å²) < 4.78 is 10.6. The van der Waals surface area contributed by atoms with E-state index < -0.39 is 5.56 Å². The molecule has 8 heteroatoms. The number of nitrogens with zero attached hydrogens (tertiary/aromatic N) is 3. The van der Waals surface area contributed by atoms with E-state index >= 15 is 0 Å². The Bertz CT molecular complexity index is 1070. The Labute approximate surface area is 141 Å². The molecule has 0 atom stereocenters. The van der Waals surface area contributed by atoms with Crippen LogP contribution in [0.15, 0.2) is 57.5 Å². The Balaban J connectivity index is 1.75. The second-order valence-corrected chi connectivity index (χ2v) is 5.20. The Morgan fingerprint density at radius 1 is 1.04 bits per heavy atom. The highest BCUT2D eigenvalue weighted by Crippen LogP contribution is 2.37. The third-order valence-electron chi connectivity index (χ3n) is 3.70. The lowest BCUT2D eigenvalue weighted by atomic mass is 10.1. The fourth-order valence-electron chi connectivity index (χ4n) is 2.47. The molecular formula is C17H11N5O3. The van der Waals surface area contributed by atoms with Gasteiger partial charge in [-0.15, -0.1) is 10.2 Å². The largest absolute Gasteiger partial charge is 0.454 e. The molecule has 122 valence electrons. The molecule has 1 aliphatic heterocycles. The van der Waals surface area contributed by atoms with Crippen LogP contribution in [0.1, 0.15) is 5.56 Å². The van der Waals surface area contributed by atoms with Gasteiger partial charge in [0.15, 0.2) is 17.2 Å². The number of fused-ring (bicyclic) bond motifs is 1. The van der Waals surface area contributed by atoms with Crippen molar-refractivity contribution in [3.05, 3.63) is 58.4 Å². The van der Waals surface area contributed by atoms with Gasteiger partial charge < -0.3 is 9.47 Å². The molecule has 2 heterocycles. The zero-order valence-corrected chi connectivity index (χ0v) is 12.8. The van der Waals surface area contributed by atoms with Gasteiger partial charge in [0.2, 0.25) is 6.79 Å². The molecule has 1 aliphatic rings. The Kier molecular flexibility index (Phi) is 3.52. The molecule has 0 saturated carbocycles. The van der Waals surface area contributed by atoms with Crippen LogP contribution in [0.25, 0.3) is 11.3 Å². The first kappa shape index (κ1) is 14.7. The molecule has 8 nitrogen and oxygen atoms in total. The highest BCUT2D eigenvalue weighted by Gasteiger charge is 2.17. The third-order valence-corrected chi connectivity index (χ3v) is 3.70. The van der Waals surface area contributed by atoms with Gasteiger partial charge >= 0.3 is 0 Å². The van der Waals surface area contributed by atoms with Gasteiger partial charge in [0.25, 0.3) is 5.56 Å². The van der Waals surface area contributed by atoms with Gasteiger partial charge in [-0.3, -0.25) is 15.0 Å². The monoisotopic (exact) mass is 333 g/mol. The quantitative estimate of drug-likeness (QED) is 0.715. The molecule has 3 aromatic rings. The Hall–Kier alpha value is -3.86. The number of azo groups is 1. The van der Waals surface area contributed by atoms with Crippen molar-refractivity contribution in [1.29, 1.82) is 5.26 Å². The molecule has 0 spiro atoms. The molecule has 0 amide bonds. The number of aromatic amines is 2. The lowest BCUT2D eigenvalue weighted by Crippen LogP contribution is -1.96. The zero-order valence-electron chi connectivity index (χ0n) is 12.8. The number of hydrogen-bond donors (Lipinski definition) is 2. The fraction of sp³-hybridized carbons (Fsp3) is 0.0588. The lowest BCUT2D eigenvalue weighted by molar-refractivity contribution is 0.174. The van der Waals surface area contributed by atoms with Crippen molar-refractivity contribution in [2.45, 2.75) is 0 Å². The van der Waals surface area contributed by atoms with E-state index in [2.05, 4.69) is 20.4 Å². The fourth-order valence-corrected chi connectivity index (χ4v) is 2.47. The van der Waals surface area contributed by atoms with E-state index in [1.165, 1.54) is 0 Å². The van der Waals surface area contributed by atoms with E-state index in [1.807, 2.05) is 6.07 Å². The number of nitriles is 1. The van der Waals surface area contributed by atoms with Crippen molar-refractivity contribution in [2.75, 3.05) is 6.79 Å². The van der Waals surface area contributed by atoms with Crippen LogP contribution in [0.4, 0.5) is 11.4 Å². The maximum Gasteiger partial charge on any atom is 0.292 e. The first-order chi connectivity index (χ1) is 12.3. The van der Waals surface area contributed by atoms with Gasteiger partial charge in [0.1, 0.15) is 11.8 Å². The number of ether oxygens (including phenoxy) is 2. The molecule has 0 fully saturated rings. The van der Waals surface area contributed by atoms with Crippen LogP contribution in [0.2, 0.25) is 0 Å². The molecule has 2 aromatic carbocycles. The average Bonchev–Trinajstić information content (AvgIpc) is 3.26. The van der Waals surface area contributed by atoms with Crippen LogP contribution in [0.5, 0.6) is 11.5 Å². The van der Waals surface area contributed by atoms with Crippen LogP contribution in [-0.2, 0) is 0 Å². The smallest absolute Gasteiger partial charge is 0.292 e. The van der Waals surface area contributed by atoms with Crippen molar-refractivity contribution >= 4 is 11.4 Å². The van der Waals surface area contributed by atoms with Gasteiger partial charge in [-0.05, 0) is 30.3 Å². The summed E-state index contributed by atoms with van der Waals surface area (Å²) in [5.74, 6) is 1.24. The summed E-state index contributed by atoms with van der Waals surface area (Å²) in [6.07, 6.45) is 0. The molecular weight excluding hydrogens is 322 g/mol. The minimum atomic E-state index is -0.411. The summed E-state index contributed by atoms with van der Waals surface area (Å²) in [6, 6.07) is 14.1. The van der Waals surface area contributed by atoms with Gasteiger partial charge in [-0.25, -0.2) is 0 Å². The summed E-state index contributed by atoms with van der Waals surface area (Å²) in [6.45, 7) is 0.167. The molecule has 0 radical (unpaired) electrons. The maximum absolute atomic E-state index is 12.1.